The van der Waals surface area contributed by atoms with Gasteiger partial charge in [0.15, 0.2) is 11.5 Å². The van der Waals surface area contributed by atoms with Gasteiger partial charge in [-0.15, -0.1) is 0 Å². The lowest BCUT2D eigenvalue weighted by Crippen LogP contribution is -2.39. The first-order valence-electron chi connectivity index (χ1n) is 20.4. The minimum Gasteiger partial charge on any atom is -0.493 e. The van der Waals surface area contributed by atoms with Crippen LogP contribution in [0.5, 0.6) is 23.0 Å². The molecular weight excluding hydrogens is 747 g/mol. The molecule has 0 spiro atoms. The number of nitrogens with zero attached hydrogens (tertiary/aromatic N) is 3. The molecule has 0 radical (unpaired) electrons. The molecule has 0 unspecified atom stereocenters. The van der Waals surface area contributed by atoms with Gasteiger partial charge in [-0.3, -0.25) is 14.6 Å². The van der Waals surface area contributed by atoms with E-state index in [1.54, 1.807) is 13.2 Å². The molecule has 304 valence electrons. The summed E-state index contributed by atoms with van der Waals surface area (Å²) in [6, 6.07) is 27.4. The number of carbonyl (C=O) groups is 2. The quantitative estimate of drug-likeness (QED) is 0.115. The average molecular weight is 796 g/mol. The van der Waals surface area contributed by atoms with Crippen LogP contribution < -0.4 is 39.4 Å². The van der Waals surface area contributed by atoms with Gasteiger partial charge in [-0.25, -0.2) is 0 Å². The molecule has 12 heteroatoms. The molecule has 12 nitrogen and oxygen atoms in total. The van der Waals surface area contributed by atoms with Crippen molar-refractivity contribution in [1.82, 2.24) is 4.98 Å². The number of hydrogen-bond acceptors (Lipinski definition) is 10. The number of carbonyl (C=O) groups excluding carboxylic acids is 2. The Balaban J connectivity index is 0.934. The van der Waals surface area contributed by atoms with Crippen LogP contribution in [0.3, 0.4) is 0 Å². The van der Waals surface area contributed by atoms with E-state index in [1.807, 2.05) is 83.5 Å². The number of anilines is 4. The topological polar surface area (TPSA) is 124 Å². The summed E-state index contributed by atoms with van der Waals surface area (Å²) < 4.78 is 30.5. The monoisotopic (exact) mass is 795 g/mol. The Bertz CT molecular complexity index is 2420. The molecule has 0 fully saturated rings. The van der Waals surface area contributed by atoms with Crippen LogP contribution in [0.25, 0.3) is 0 Å². The predicted molar refractivity (Wildman–Crippen MR) is 227 cm³/mol. The van der Waals surface area contributed by atoms with Gasteiger partial charge in [0, 0.05) is 55.3 Å². The van der Waals surface area contributed by atoms with Gasteiger partial charge in [0.2, 0.25) is 0 Å². The second-order valence-electron chi connectivity index (χ2n) is 16.0. The Kier molecular flexibility index (Phi) is 10.5. The number of para-hydroxylation sites is 2. The van der Waals surface area contributed by atoms with Crippen LogP contribution in [0.4, 0.5) is 22.7 Å². The summed E-state index contributed by atoms with van der Waals surface area (Å²) in [5.74, 6) is 2.53. The highest BCUT2D eigenvalue weighted by atomic mass is 16.5. The van der Waals surface area contributed by atoms with Crippen molar-refractivity contribution in [2.45, 2.75) is 58.9 Å². The summed E-state index contributed by atoms with van der Waals surface area (Å²) >= 11 is 0. The standard InChI is InChI=1S/C47H49N5O7/c1-28(2)25-56-13-14-57-36-18-32(26-58-43-21-39-37(15-29(43)3)46(53)51-34(23-48-39)16-30-9-5-7-11-41(30)51)50-33(19-36)27-59-45-22-40-38(20-44(45)55-4)47(54)52-35(24-49-40)17-31-10-6-8-12-42(31)52/h5-12,15,18-22,28,34-35,48-49H,13-14,16-17,23-27H2,1-4H3/t34-,35-/m0/s1. The number of nitrogens with one attached hydrogen (secondary N) is 2. The summed E-state index contributed by atoms with van der Waals surface area (Å²) in [5, 5.41) is 7.02. The molecule has 0 bridgehead atoms. The van der Waals surface area contributed by atoms with E-state index >= 15 is 0 Å². The molecule has 0 saturated heterocycles. The van der Waals surface area contributed by atoms with Gasteiger partial charge in [0.1, 0.15) is 31.3 Å². The smallest absolute Gasteiger partial charge is 0.260 e. The maximum atomic E-state index is 14.0. The highest BCUT2D eigenvalue weighted by molar-refractivity contribution is 6.13. The number of methoxy groups -OCH3 is 1. The van der Waals surface area contributed by atoms with Crippen LogP contribution in [-0.2, 0) is 30.8 Å². The number of amides is 2. The number of aryl methyl sites for hydroxylation is 1. The van der Waals surface area contributed by atoms with Crippen molar-refractivity contribution in [3.05, 3.63) is 124 Å². The zero-order valence-corrected chi connectivity index (χ0v) is 33.9. The molecule has 0 aliphatic carbocycles. The number of benzene rings is 4. The van der Waals surface area contributed by atoms with Gasteiger partial charge >= 0.3 is 0 Å². The fraction of sp³-hybridized carbons (Fsp3) is 0.340. The average Bonchev–Trinajstić information content (AvgIpc) is 3.73. The van der Waals surface area contributed by atoms with Crippen LogP contribution in [0.15, 0.2) is 84.9 Å². The fourth-order valence-electron chi connectivity index (χ4n) is 8.53. The number of rotatable bonds is 13. The number of hydrogen-bond donors (Lipinski definition) is 2. The summed E-state index contributed by atoms with van der Waals surface area (Å²) in [7, 11) is 1.57. The third-order valence-corrected chi connectivity index (χ3v) is 11.3. The van der Waals surface area contributed by atoms with E-state index in [9.17, 15) is 9.59 Å². The van der Waals surface area contributed by atoms with Crippen molar-refractivity contribution in [2.24, 2.45) is 5.92 Å². The Morgan fingerprint density at radius 3 is 1.85 bits per heavy atom. The van der Waals surface area contributed by atoms with Crippen LogP contribution in [-0.4, -0.2) is 68.9 Å². The molecule has 9 rings (SSSR count). The Morgan fingerprint density at radius 2 is 1.25 bits per heavy atom. The lowest BCUT2D eigenvalue weighted by Gasteiger charge is -2.22. The van der Waals surface area contributed by atoms with Crippen LogP contribution >= 0.6 is 0 Å². The van der Waals surface area contributed by atoms with Crippen molar-refractivity contribution >= 4 is 34.6 Å². The highest BCUT2D eigenvalue weighted by Gasteiger charge is 2.39. The molecule has 1 aromatic heterocycles. The molecule has 4 aliphatic rings. The Hall–Kier alpha value is -6.27. The molecule has 2 N–H and O–H groups in total. The Morgan fingerprint density at radius 1 is 0.695 bits per heavy atom. The minimum absolute atomic E-state index is 0.00947. The van der Waals surface area contributed by atoms with E-state index < -0.39 is 0 Å². The van der Waals surface area contributed by atoms with E-state index in [-0.39, 0.29) is 37.1 Å². The van der Waals surface area contributed by atoms with E-state index in [0.717, 1.165) is 35.5 Å². The van der Waals surface area contributed by atoms with Crippen molar-refractivity contribution in [3.8, 4) is 23.0 Å². The van der Waals surface area contributed by atoms with Gasteiger partial charge in [0.05, 0.1) is 59.7 Å². The van der Waals surface area contributed by atoms with Crippen molar-refractivity contribution in [1.29, 1.82) is 0 Å². The second kappa shape index (κ2) is 16.2. The first-order valence-corrected chi connectivity index (χ1v) is 20.4. The number of pyridine rings is 1. The van der Waals surface area contributed by atoms with Gasteiger partial charge in [0.25, 0.3) is 11.8 Å². The zero-order chi connectivity index (χ0) is 40.6. The first-order chi connectivity index (χ1) is 28.7. The van der Waals surface area contributed by atoms with E-state index in [1.165, 1.54) is 11.1 Å². The van der Waals surface area contributed by atoms with Crippen LogP contribution in [0.1, 0.15) is 62.6 Å². The molecule has 4 aromatic carbocycles. The molecule has 59 heavy (non-hydrogen) atoms. The Labute approximate surface area is 344 Å². The van der Waals surface area contributed by atoms with E-state index in [0.29, 0.717) is 90.0 Å². The van der Waals surface area contributed by atoms with E-state index in [4.69, 9.17) is 28.7 Å². The zero-order valence-electron chi connectivity index (χ0n) is 33.9. The maximum absolute atomic E-state index is 14.0. The largest absolute Gasteiger partial charge is 0.493 e. The third-order valence-electron chi connectivity index (χ3n) is 11.3. The third kappa shape index (κ3) is 7.60. The van der Waals surface area contributed by atoms with E-state index in [2.05, 4.69) is 36.6 Å². The number of aromatic nitrogens is 1. The summed E-state index contributed by atoms with van der Waals surface area (Å²) in [6.45, 7) is 9.13. The molecular formula is C47H49N5O7. The summed E-state index contributed by atoms with van der Waals surface area (Å²) in [4.78, 5) is 36.6. The molecule has 2 atom stereocenters. The molecule has 5 aromatic rings. The molecule has 5 heterocycles. The van der Waals surface area contributed by atoms with Gasteiger partial charge in [-0.1, -0.05) is 50.2 Å². The maximum Gasteiger partial charge on any atom is 0.260 e. The first kappa shape index (κ1) is 38.3. The normalized spacial score (nSPS) is 17.4. The van der Waals surface area contributed by atoms with Crippen LogP contribution in [0.2, 0.25) is 0 Å². The fourth-order valence-corrected chi connectivity index (χ4v) is 8.53. The summed E-state index contributed by atoms with van der Waals surface area (Å²) in [5.41, 5.74) is 8.99. The number of fused-ring (bicyclic) bond motifs is 8. The second-order valence-corrected chi connectivity index (χ2v) is 16.0. The van der Waals surface area contributed by atoms with Crippen molar-refractivity contribution in [3.63, 3.8) is 0 Å². The summed E-state index contributed by atoms with van der Waals surface area (Å²) in [6.07, 6.45) is 1.61. The molecule has 2 amide bonds. The molecule has 0 saturated carbocycles. The number of ether oxygens (including phenoxy) is 5. The highest BCUT2D eigenvalue weighted by Crippen LogP contribution is 2.41. The lowest BCUT2D eigenvalue weighted by atomic mass is 10.1. The van der Waals surface area contributed by atoms with Gasteiger partial charge in [-0.05, 0) is 66.6 Å². The predicted octanol–water partition coefficient (Wildman–Crippen LogP) is 7.60. The van der Waals surface area contributed by atoms with Crippen molar-refractivity contribution in [2.75, 3.05) is 60.5 Å². The lowest BCUT2D eigenvalue weighted by molar-refractivity contribution is 0.0817. The molecule has 4 aliphatic heterocycles. The van der Waals surface area contributed by atoms with Gasteiger partial charge in [-0.2, -0.15) is 0 Å². The SMILES string of the molecule is COc1cc2c(cc1OCc1cc(OCCOCC(C)C)cc(COc3cc4c(cc3C)C(=O)N3c5ccccc5C[C@H]3CN4)n1)NC[C@@H]1Cc3ccccc3N1C2=O. The van der Waals surface area contributed by atoms with Crippen LogP contribution in [0, 0.1) is 12.8 Å². The minimum atomic E-state index is -0.0726. The van der Waals surface area contributed by atoms with Crippen molar-refractivity contribution < 1.29 is 33.3 Å². The van der Waals surface area contributed by atoms with Gasteiger partial charge < -0.3 is 44.1 Å².